The zero-order valence-electron chi connectivity index (χ0n) is 8.33. The van der Waals surface area contributed by atoms with Gasteiger partial charge in [-0.05, 0) is 12.8 Å². The number of sulfonamides is 1. The molecule has 1 aliphatic carbocycles. The van der Waals surface area contributed by atoms with Crippen molar-refractivity contribution in [2.45, 2.75) is 31.2 Å². The van der Waals surface area contributed by atoms with Crippen LogP contribution in [0.4, 0.5) is 0 Å². The number of hydrogen-bond acceptors (Lipinski definition) is 3. The van der Waals surface area contributed by atoms with Gasteiger partial charge in [0.15, 0.2) is 0 Å². The summed E-state index contributed by atoms with van der Waals surface area (Å²) in [6.07, 6.45) is 5.18. The van der Waals surface area contributed by atoms with Gasteiger partial charge in [-0.3, -0.25) is 0 Å². The monoisotopic (exact) mass is 218 g/mol. The molecule has 1 aliphatic rings. The summed E-state index contributed by atoms with van der Waals surface area (Å²) in [7, 11) is -3.23. The van der Waals surface area contributed by atoms with Gasteiger partial charge in [-0.15, -0.1) is 6.58 Å². The van der Waals surface area contributed by atoms with Crippen LogP contribution in [0.5, 0.6) is 0 Å². The zero-order valence-corrected chi connectivity index (χ0v) is 9.15. The predicted molar refractivity (Wildman–Crippen MR) is 57.4 cm³/mol. The quantitative estimate of drug-likeness (QED) is 0.655. The summed E-state index contributed by atoms with van der Waals surface area (Å²) in [6.45, 7) is 3.80. The highest BCUT2D eigenvalue weighted by Crippen LogP contribution is 2.29. The minimum absolute atomic E-state index is 0.0330. The second-order valence-electron chi connectivity index (χ2n) is 3.86. The second-order valence-corrected chi connectivity index (χ2v) is 5.63. The van der Waals surface area contributed by atoms with Gasteiger partial charge in [0.05, 0.1) is 5.75 Å². The fraction of sp³-hybridized carbons (Fsp3) is 0.778. The molecule has 0 atom stereocenters. The van der Waals surface area contributed by atoms with Crippen molar-refractivity contribution in [3.05, 3.63) is 12.7 Å². The Bertz CT molecular complexity index is 292. The molecule has 0 aromatic carbocycles. The Hall–Kier alpha value is -0.390. The van der Waals surface area contributed by atoms with E-state index in [1.165, 1.54) is 6.08 Å². The molecule has 1 rings (SSSR count). The number of nitrogens with two attached hydrogens (primary N) is 1. The average molecular weight is 218 g/mol. The summed E-state index contributed by atoms with van der Waals surface area (Å²) in [5.41, 5.74) is 5.23. The average Bonchev–Trinajstić information content (AvgIpc) is 2.53. The number of hydrogen-bond donors (Lipinski definition) is 2. The summed E-state index contributed by atoms with van der Waals surface area (Å²) in [5.74, 6) is -0.0330. The summed E-state index contributed by atoms with van der Waals surface area (Å²) in [4.78, 5) is 0. The van der Waals surface area contributed by atoms with Gasteiger partial charge >= 0.3 is 0 Å². The Morgan fingerprint density at radius 3 is 2.43 bits per heavy atom. The number of nitrogens with one attached hydrogen (secondary N) is 1. The lowest BCUT2D eigenvalue weighted by Crippen LogP contribution is -2.52. The molecule has 0 unspecified atom stereocenters. The summed E-state index contributed by atoms with van der Waals surface area (Å²) in [6, 6.07) is 0. The van der Waals surface area contributed by atoms with Crippen molar-refractivity contribution in [3.8, 4) is 0 Å². The van der Waals surface area contributed by atoms with Gasteiger partial charge < -0.3 is 5.73 Å². The van der Waals surface area contributed by atoms with Crippen molar-refractivity contribution in [1.82, 2.24) is 4.72 Å². The molecule has 0 amide bonds. The number of rotatable bonds is 5. The molecule has 0 radical (unpaired) electrons. The Morgan fingerprint density at radius 1 is 1.43 bits per heavy atom. The van der Waals surface area contributed by atoms with Crippen LogP contribution >= 0.6 is 0 Å². The zero-order chi connectivity index (χ0) is 10.7. The van der Waals surface area contributed by atoms with Gasteiger partial charge in [0.2, 0.25) is 10.0 Å². The van der Waals surface area contributed by atoms with Crippen molar-refractivity contribution < 1.29 is 8.42 Å². The molecule has 0 aromatic rings. The van der Waals surface area contributed by atoms with Crippen molar-refractivity contribution >= 4 is 10.0 Å². The lowest BCUT2D eigenvalue weighted by atomic mass is 10.0. The van der Waals surface area contributed by atoms with Crippen LogP contribution in [0.25, 0.3) is 0 Å². The van der Waals surface area contributed by atoms with Gasteiger partial charge in [-0.25, -0.2) is 13.1 Å². The van der Waals surface area contributed by atoms with Gasteiger partial charge in [-0.2, -0.15) is 0 Å². The van der Waals surface area contributed by atoms with E-state index in [1.54, 1.807) is 0 Å². The first-order valence-electron chi connectivity index (χ1n) is 4.86. The van der Waals surface area contributed by atoms with Gasteiger partial charge in [0, 0.05) is 12.1 Å². The van der Waals surface area contributed by atoms with E-state index in [-0.39, 0.29) is 11.3 Å². The first-order chi connectivity index (χ1) is 6.54. The first-order valence-corrected chi connectivity index (χ1v) is 6.51. The Kier molecular flexibility index (Phi) is 3.69. The predicted octanol–water partition coefficient (Wildman–Crippen LogP) is 0.363. The van der Waals surface area contributed by atoms with E-state index < -0.39 is 10.0 Å². The Balaban J connectivity index is 2.69. The second kappa shape index (κ2) is 4.42. The van der Waals surface area contributed by atoms with E-state index >= 15 is 0 Å². The van der Waals surface area contributed by atoms with Crippen molar-refractivity contribution in [1.29, 1.82) is 0 Å². The van der Waals surface area contributed by atoms with Crippen LogP contribution in [0.15, 0.2) is 12.7 Å². The van der Waals surface area contributed by atoms with Crippen LogP contribution in [0.1, 0.15) is 25.7 Å². The molecule has 1 fully saturated rings. The van der Waals surface area contributed by atoms with Crippen LogP contribution in [0.2, 0.25) is 0 Å². The fourth-order valence-corrected chi connectivity index (χ4v) is 3.27. The highest BCUT2D eigenvalue weighted by atomic mass is 32.2. The van der Waals surface area contributed by atoms with E-state index in [0.717, 1.165) is 25.7 Å². The minimum atomic E-state index is -3.23. The normalized spacial score (nSPS) is 20.9. The van der Waals surface area contributed by atoms with Crippen molar-refractivity contribution in [2.24, 2.45) is 5.73 Å². The molecule has 0 saturated heterocycles. The molecule has 14 heavy (non-hydrogen) atoms. The van der Waals surface area contributed by atoms with E-state index in [4.69, 9.17) is 5.73 Å². The molecule has 1 saturated carbocycles. The molecule has 0 spiro atoms. The molecule has 82 valence electrons. The topological polar surface area (TPSA) is 72.2 Å². The maximum absolute atomic E-state index is 11.5. The fourth-order valence-electron chi connectivity index (χ4n) is 1.93. The lowest BCUT2D eigenvalue weighted by Gasteiger charge is -2.27. The molecule has 0 bridgehead atoms. The smallest absolute Gasteiger partial charge is 0.215 e. The molecular formula is C9H18N2O2S. The van der Waals surface area contributed by atoms with E-state index in [1.807, 2.05) is 0 Å². The molecule has 3 N–H and O–H groups in total. The van der Waals surface area contributed by atoms with Gasteiger partial charge in [-0.1, -0.05) is 18.9 Å². The molecule has 0 aliphatic heterocycles. The molecule has 0 heterocycles. The van der Waals surface area contributed by atoms with Crippen LogP contribution in [-0.2, 0) is 10.0 Å². The van der Waals surface area contributed by atoms with Crippen molar-refractivity contribution in [3.63, 3.8) is 0 Å². The third kappa shape index (κ3) is 2.80. The van der Waals surface area contributed by atoms with E-state index in [9.17, 15) is 8.42 Å². The van der Waals surface area contributed by atoms with Gasteiger partial charge in [0.1, 0.15) is 0 Å². The molecule has 0 aromatic heterocycles. The maximum atomic E-state index is 11.5. The molecular weight excluding hydrogens is 200 g/mol. The van der Waals surface area contributed by atoms with Crippen LogP contribution in [0, 0.1) is 0 Å². The third-order valence-corrected chi connectivity index (χ3v) is 4.08. The minimum Gasteiger partial charge on any atom is -0.329 e. The standard InChI is InChI=1S/C9H18N2O2S/c1-2-7-14(12,13)11-9(8-10)5-3-4-6-9/h2,11H,1,3-8,10H2. The Morgan fingerprint density at radius 2 is 2.00 bits per heavy atom. The Labute approximate surface area is 85.6 Å². The maximum Gasteiger partial charge on any atom is 0.215 e. The van der Waals surface area contributed by atoms with Crippen molar-refractivity contribution in [2.75, 3.05) is 12.3 Å². The van der Waals surface area contributed by atoms with E-state index in [2.05, 4.69) is 11.3 Å². The molecule has 4 nitrogen and oxygen atoms in total. The molecule has 5 heteroatoms. The highest BCUT2D eigenvalue weighted by Gasteiger charge is 2.35. The summed E-state index contributed by atoms with van der Waals surface area (Å²) in [5, 5.41) is 0. The lowest BCUT2D eigenvalue weighted by molar-refractivity contribution is 0.400. The van der Waals surface area contributed by atoms with Crippen LogP contribution in [-0.4, -0.2) is 26.3 Å². The largest absolute Gasteiger partial charge is 0.329 e. The summed E-state index contributed by atoms with van der Waals surface area (Å²) < 4.78 is 25.7. The summed E-state index contributed by atoms with van der Waals surface area (Å²) >= 11 is 0. The van der Waals surface area contributed by atoms with Crippen LogP contribution < -0.4 is 10.5 Å². The first kappa shape index (κ1) is 11.7. The third-order valence-electron chi connectivity index (χ3n) is 2.66. The SMILES string of the molecule is C=CCS(=O)(=O)NC1(CN)CCCC1. The highest BCUT2D eigenvalue weighted by molar-refractivity contribution is 7.89. The van der Waals surface area contributed by atoms with Gasteiger partial charge in [0.25, 0.3) is 0 Å². The van der Waals surface area contributed by atoms with Crippen LogP contribution in [0.3, 0.4) is 0 Å². The van der Waals surface area contributed by atoms with E-state index in [0.29, 0.717) is 6.54 Å².